The zero-order chi connectivity index (χ0) is 13.2. The highest BCUT2D eigenvalue weighted by Gasteiger charge is 2.22. The van der Waals surface area contributed by atoms with Crippen molar-refractivity contribution in [1.82, 2.24) is 0 Å². The summed E-state index contributed by atoms with van der Waals surface area (Å²) in [5.74, 6) is -0.325. The van der Waals surface area contributed by atoms with Crippen LogP contribution in [-0.2, 0) is 6.42 Å². The van der Waals surface area contributed by atoms with E-state index >= 15 is 0 Å². The number of hydrogen-bond acceptors (Lipinski definition) is 2. The minimum Gasteiger partial charge on any atom is -0.488 e. The number of halogens is 2. The van der Waals surface area contributed by atoms with Crippen molar-refractivity contribution in [3.63, 3.8) is 0 Å². The molecule has 0 spiro atoms. The Morgan fingerprint density at radius 2 is 1.79 bits per heavy atom. The van der Waals surface area contributed by atoms with Crippen LogP contribution in [0.25, 0.3) is 0 Å². The second-order valence-corrected chi connectivity index (χ2v) is 4.53. The van der Waals surface area contributed by atoms with Crippen LogP contribution in [0.15, 0.2) is 42.5 Å². The summed E-state index contributed by atoms with van der Waals surface area (Å²) in [7, 11) is 0. The fraction of sp³-hybridized carbons (Fsp3) is 0.200. The van der Waals surface area contributed by atoms with Crippen LogP contribution in [0.1, 0.15) is 5.56 Å². The molecule has 19 heavy (non-hydrogen) atoms. The highest BCUT2D eigenvalue weighted by Crippen LogP contribution is 2.28. The van der Waals surface area contributed by atoms with Crippen molar-refractivity contribution in [2.24, 2.45) is 0 Å². The van der Waals surface area contributed by atoms with Crippen LogP contribution >= 0.6 is 0 Å². The van der Waals surface area contributed by atoms with Gasteiger partial charge in [-0.25, -0.2) is 8.78 Å². The molecular formula is C15H13F2NO. The maximum absolute atomic E-state index is 13.4. The summed E-state index contributed by atoms with van der Waals surface area (Å²) in [6.07, 6.45) is 0.649. The van der Waals surface area contributed by atoms with Gasteiger partial charge in [0.1, 0.15) is 29.2 Å². The van der Waals surface area contributed by atoms with E-state index in [1.165, 1.54) is 18.2 Å². The van der Waals surface area contributed by atoms with E-state index in [2.05, 4.69) is 5.32 Å². The third-order valence-corrected chi connectivity index (χ3v) is 3.18. The van der Waals surface area contributed by atoms with Crippen molar-refractivity contribution in [2.75, 3.05) is 11.9 Å². The van der Waals surface area contributed by atoms with Gasteiger partial charge in [-0.1, -0.05) is 24.3 Å². The lowest BCUT2D eigenvalue weighted by Crippen LogP contribution is -2.24. The molecule has 1 aliphatic heterocycles. The second kappa shape index (κ2) is 4.88. The summed E-state index contributed by atoms with van der Waals surface area (Å²) in [5, 5.41) is 2.78. The number of para-hydroxylation sites is 2. The quantitative estimate of drug-likeness (QED) is 0.914. The Balaban J connectivity index is 1.66. The molecule has 0 aliphatic carbocycles. The van der Waals surface area contributed by atoms with Crippen molar-refractivity contribution >= 4 is 5.69 Å². The number of ether oxygens (including phenoxy) is 1. The van der Waals surface area contributed by atoms with Crippen LogP contribution in [0.4, 0.5) is 14.5 Å². The highest BCUT2D eigenvalue weighted by molar-refractivity contribution is 5.46. The summed E-state index contributed by atoms with van der Waals surface area (Å²) >= 11 is 0. The van der Waals surface area contributed by atoms with E-state index < -0.39 is 11.6 Å². The van der Waals surface area contributed by atoms with Crippen LogP contribution in [0.3, 0.4) is 0 Å². The maximum atomic E-state index is 13.4. The van der Waals surface area contributed by atoms with Crippen LogP contribution < -0.4 is 10.1 Å². The minimum absolute atomic E-state index is 0.0953. The van der Waals surface area contributed by atoms with Crippen molar-refractivity contribution in [1.29, 1.82) is 0 Å². The van der Waals surface area contributed by atoms with Gasteiger partial charge in [-0.2, -0.15) is 0 Å². The molecule has 0 radical (unpaired) electrons. The van der Waals surface area contributed by atoms with Gasteiger partial charge in [0.25, 0.3) is 0 Å². The molecular weight excluding hydrogens is 248 g/mol. The van der Waals surface area contributed by atoms with Crippen molar-refractivity contribution < 1.29 is 13.5 Å². The number of nitrogens with one attached hydrogen (secondary N) is 1. The van der Waals surface area contributed by atoms with Crippen LogP contribution in [0.5, 0.6) is 5.75 Å². The van der Waals surface area contributed by atoms with E-state index in [0.29, 0.717) is 6.54 Å². The average molecular weight is 261 g/mol. The summed E-state index contributed by atoms with van der Waals surface area (Å²) in [6, 6.07) is 11.6. The number of rotatable bonds is 3. The lowest BCUT2D eigenvalue weighted by molar-refractivity contribution is 0.246. The minimum atomic E-state index is -0.587. The Hall–Kier alpha value is -2.10. The Labute approximate surface area is 110 Å². The van der Waals surface area contributed by atoms with Gasteiger partial charge in [-0.15, -0.1) is 0 Å². The predicted molar refractivity (Wildman–Crippen MR) is 69.4 cm³/mol. The third kappa shape index (κ3) is 2.38. The topological polar surface area (TPSA) is 21.3 Å². The number of anilines is 1. The maximum Gasteiger partial charge on any atom is 0.149 e. The molecule has 0 saturated heterocycles. The predicted octanol–water partition coefficient (Wildman–Crippen LogP) is 3.38. The van der Waals surface area contributed by atoms with Crippen molar-refractivity contribution in [2.45, 2.75) is 12.5 Å². The summed E-state index contributed by atoms with van der Waals surface area (Å²) in [5.41, 5.74) is 1.03. The molecule has 1 unspecified atom stereocenters. The monoisotopic (exact) mass is 261 g/mol. The molecule has 2 aromatic rings. The van der Waals surface area contributed by atoms with E-state index in [-0.39, 0.29) is 11.8 Å². The zero-order valence-electron chi connectivity index (χ0n) is 10.2. The van der Waals surface area contributed by atoms with Gasteiger partial charge in [0.05, 0.1) is 6.54 Å². The van der Waals surface area contributed by atoms with Crippen LogP contribution in [-0.4, -0.2) is 12.6 Å². The Morgan fingerprint density at radius 3 is 2.53 bits per heavy atom. The molecule has 0 bridgehead atoms. The van der Waals surface area contributed by atoms with Gasteiger partial charge in [-0.05, 0) is 23.8 Å². The van der Waals surface area contributed by atoms with Gasteiger partial charge in [0, 0.05) is 6.42 Å². The van der Waals surface area contributed by atoms with E-state index in [4.69, 9.17) is 4.74 Å². The molecule has 0 saturated carbocycles. The molecule has 0 aromatic heterocycles. The van der Waals surface area contributed by atoms with Gasteiger partial charge >= 0.3 is 0 Å². The Morgan fingerprint density at radius 1 is 1.05 bits per heavy atom. The first-order valence-electron chi connectivity index (χ1n) is 6.16. The van der Waals surface area contributed by atoms with Crippen LogP contribution in [0, 0.1) is 11.6 Å². The molecule has 1 N–H and O–H groups in total. The Kier molecular flexibility index (Phi) is 3.07. The van der Waals surface area contributed by atoms with Crippen LogP contribution in [0.2, 0.25) is 0 Å². The second-order valence-electron chi connectivity index (χ2n) is 4.53. The van der Waals surface area contributed by atoms with E-state index in [1.807, 2.05) is 24.3 Å². The van der Waals surface area contributed by atoms with Gasteiger partial charge in [-0.3, -0.25) is 0 Å². The zero-order valence-corrected chi connectivity index (χ0v) is 10.2. The van der Waals surface area contributed by atoms with Gasteiger partial charge in [0.2, 0.25) is 0 Å². The normalized spacial score (nSPS) is 16.8. The molecule has 1 aliphatic rings. The first-order valence-corrected chi connectivity index (χ1v) is 6.16. The SMILES string of the molecule is Fc1cccc(F)c1NCC1Cc2ccccc2O1. The lowest BCUT2D eigenvalue weighted by Gasteiger charge is -2.13. The fourth-order valence-corrected chi connectivity index (χ4v) is 2.25. The molecule has 98 valence electrons. The molecule has 3 rings (SSSR count). The molecule has 0 amide bonds. The van der Waals surface area contributed by atoms with Gasteiger partial charge < -0.3 is 10.1 Å². The molecule has 4 heteroatoms. The number of hydrogen-bond donors (Lipinski definition) is 1. The third-order valence-electron chi connectivity index (χ3n) is 3.18. The first kappa shape index (κ1) is 12.0. The lowest BCUT2D eigenvalue weighted by atomic mass is 10.1. The summed E-state index contributed by atoms with van der Waals surface area (Å²) < 4.78 is 32.6. The van der Waals surface area contributed by atoms with E-state index in [1.54, 1.807) is 0 Å². The highest BCUT2D eigenvalue weighted by atomic mass is 19.1. The molecule has 2 aromatic carbocycles. The molecule has 0 fully saturated rings. The summed E-state index contributed by atoms with van der Waals surface area (Å²) in [4.78, 5) is 0. The molecule has 1 heterocycles. The van der Waals surface area contributed by atoms with Gasteiger partial charge in [0.15, 0.2) is 0 Å². The Bertz CT molecular complexity index is 555. The van der Waals surface area contributed by atoms with E-state index in [9.17, 15) is 8.78 Å². The fourth-order valence-electron chi connectivity index (χ4n) is 2.25. The molecule has 1 atom stereocenters. The number of fused-ring (bicyclic) bond motifs is 1. The van der Waals surface area contributed by atoms with E-state index in [0.717, 1.165) is 17.7 Å². The number of benzene rings is 2. The van der Waals surface area contributed by atoms with Crippen molar-refractivity contribution in [3.05, 3.63) is 59.7 Å². The largest absolute Gasteiger partial charge is 0.488 e. The first-order chi connectivity index (χ1) is 9.24. The smallest absolute Gasteiger partial charge is 0.149 e. The average Bonchev–Trinajstić information content (AvgIpc) is 2.81. The summed E-state index contributed by atoms with van der Waals surface area (Å²) in [6.45, 7) is 0.368. The standard InChI is InChI=1S/C15H13F2NO/c16-12-5-3-6-13(17)15(12)18-9-11-8-10-4-1-2-7-14(10)19-11/h1-7,11,18H,8-9H2. The van der Waals surface area contributed by atoms with Crippen molar-refractivity contribution in [3.8, 4) is 5.75 Å². The molecule has 2 nitrogen and oxygen atoms in total.